The standard InChI is InChI=1S/C18H21N5O2/c24-18(15-7-8-17(22-21-15)19-13-5-6-13)20-14-3-1-2-4-16(14)23-9-11-25-12-10-23/h1-4,7-8,13H,5-6,9-12H2,(H,19,22)(H,20,24). The summed E-state index contributed by atoms with van der Waals surface area (Å²) in [4.78, 5) is 14.7. The number of nitrogens with one attached hydrogen (secondary N) is 2. The average molecular weight is 339 g/mol. The lowest BCUT2D eigenvalue weighted by Crippen LogP contribution is -2.36. The Hall–Kier alpha value is -2.67. The Morgan fingerprint density at radius 1 is 1.08 bits per heavy atom. The number of carbonyl (C=O) groups excluding carboxylic acids is 1. The molecule has 2 N–H and O–H groups in total. The van der Waals surface area contributed by atoms with Crippen LogP contribution >= 0.6 is 0 Å². The predicted molar refractivity (Wildman–Crippen MR) is 96.1 cm³/mol. The summed E-state index contributed by atoms with van der Waals surface area (Å²) in [5, 5.41) is 14.3. The molecule has 2 heterocycles. The van der Waals surface area contributed by atoms with Crippen LogP contribution in [0.25, 0.3) is 0 Å². The van der Waals surface area contributed by atoms with Gasteiger partial charge < -0.3 is 20.3 Å². The number of ether oxygens (including phenoxy) is 1. The van der Waals surface area contributed by atoms with E-state index in [1.54, 1.807) is 12.1 Å². The van der Waals surface area contributed by atoms with E-state index in [9.17, 15) is 4.79 Å². The van der Waals surface area contributed by atoms with Crippen molar-refractivity contribution in [1.29, 1.82) is 0 Å². The third-order valence-electron chi connectivity index (χ3n) is 4.33. The molecule has 1 amide bonds. The minimum absolute atomic E-state index is 0.258. The van der Waals surface area contributed by atoms with E-state index in [2.05, 4.69) is 25.7 Å². The van der Waals surface area contributed by atoms with Crippen LogP contribution in [0.3, 0.4) is 0 Å². The van der Waals surface area contributed by atoms with Crippen molar-refractivity contribution in [3.8, 4) is 0 Å². The molecule has 130 valence electrons. The van der Waals surface area contributed by atoms with E-state index in [0.29, 0.717) is 30.8 Å². The molecule has 1 aromatic carbocycles. The van der Waals surface area contributed by atoms with Gasteiger partial charge in [0.2, 0.25) is 0 Å². The molecule has 0 spiro atoms. The van der Waals surface area contributed by atoms with Crippen molar-refractivity contribution >= 4 is 23.1 Å². The SMILES string of the molecule is O=C(Nc1ccccc1N1CCOCC1)c1ccc(NC2CC2)nn1. The smallest absolute Gasteiger partial charge is 0.276 e. The minimum Gasteiger partial charge on any atom is -0.378 e. The molecule has 1 aromatic heterocycles. The van der Waals surface area contributed by atoms with Crippen molar-refractivity contribution in [2.24, 2.45) is 0 Å². The molecule has 0 atom stereocenters. The molecule has 2 fully saturated rings. The third-order valence-corrected chi connectivity index (χ3v) is 4.33. The van der Waals surface area contributed by atoms with Crippen LogP contribution in [0.15, 0.2) is 36.4 Å². The maximum absolute atomic E-state index is 12.5. The first kappa shape index (κ1) is 15.8. The molecule has 1 saturated carbocycles. The number of amides is 1. The van der Waals surface area contributed by atoms with Gasteiger partial charge in [0.25, 0.3) is 5.91 Å². The third kappa shape index (κ3) is 3.88. The van der Waals surface area contributed by atoms with E-state index in [1.807, 2.05) is 24.3 Å². The van der Waals surface area contributed by atoms with Crippen molar-refractivity contribution in [1.82, 2.24) is 10.2 Å². The summed E-state index contributed by atoms with van der Waals surface area (Å²) in [6, 6.07) is 11.8. The van der Waals surface area contributed by atoms with E-state index in [0.717, 1.165) is 24.5 Å². The predicted octanol–water partition coefficient (Wildman–Crippen LogP) is 2.14. The van der Waals surface area contributed by atoms with Gasteiger partial charge in [-0.15, -0.1) is 10.2 Å². The fourth-order valence-electron chi connectivity index (χ4n) is 2.81. The zero-order valence-corrected chi connectivity index (χ0v) is 13.9. The summed E-state index contributed by atoms with van der Waals surface area (Å²) in [7, 11) is 0. The highest BCUT2D eigenvalue weighted by Crippen LogP contribution is 2.27. The number of anilines is 3. The van der Waals surface area contributed by atoms with Crippen molar-refractivity contribution in [2.75, 3.05) is 41.8 Å². The van der Waals surface area contributed by atoms with Crippen LogP contribution in [-0.4, -0.2) is 48.4 Å². The molecule has 7 nitrogen and oxygen atoms in total. The Kier molecular flexibility index (Phi) is 4.47. The molecule has 0 bridgehead atoms. The summed E-state index contributed by atoms with van der Waals surface area (Å²) in [6.07, 6.45) is 2.34. The Morgan fingerprint density at radius 2 is 1.88 bits per heavy atom. The molecule has 4 rings (SSSR count). The van der Waals surface area contributed by atoms with Crippen molar-refractivity contribution in [3.63, 3.8) is 0 Å². The summed E-state index contributed by atoms with van der Waals surface area (Å²) < 4.78 is 5.40. The first-order valence-corrected chi connectivity index (χ1v) is 8.63. The van der Waals surface area contributed by atoms with Crippen molar-refractivity contribution in [2.45, 2.75) is 18.9 Å². The fraction of sp³-hybridized carbons (Fsp3) is 0.389. The first-order valence-electron chi connectivity index (χ1n) is 8.63. The van der Waals surface area contributed by atoms with E-state index in [4.69, 9.17) is 4.74 Å². The topological polar surface area (TPSA) is 79.4 Å². The lowest BCUT2D eigenvalue weighted by atomic mass is 10.2. The molecule has 7 heteroatoms. The second-order valence-corrected chi connectivity index (χ2v) is 6.29. The number of benzene rings is 1. The largest absolute Gasteiger partial charge is 0.378 e. The number of hydrogen-bond acceptors (Lipinski definition) is 6. The number of rotatable bonds is 5. The second-order valence-electron chi connectivity index (χ2n) is 6.29. The number of nitrogens with zero attached hydrogens (tertiary/aromatic N) is 3. The van der Waals surface area contributed by atoms with Gasteiger partial charge in [-0.1, -0.05) is 12.1 Å². The summed E-state index contributed by atoms with van der Waals surface area (Å²) in [5.74, 6) is 0.457. The maximum Gasteiger partial charge on any atom is 0.276 e. The molecule has 2 aliphatic rings. The fourth-order valence-corrected chi connectivity index (χ4v) is 2.81. The molecule has 1 aliphatic carbocycles. The number of morpholine rings is 1. The summed E-state index contributed by atoms with van der Waals surface area (Å²) in [5.41, 5.74) is 2.08. The molecule has 2 aromatic rings. The molecule has 1 aliphatic heterocycles. The highest BCUT2D eigenvalue weighted by atomic mass is 16.5. The Bertz CT molecular complexity index is 739. The van der Waals surface area contributed by atoms with Crippen molar-refractivity contribution < 1.29 is 9.53 Å². The van der Waals surface area contributed by atoms with Crippen LogP contribution < -0.4 is 15.5 Å². The van der Waals surface area contributed by atoms with E-state index < -0.39 is 0 Å². The van der Waals surface area contributed by atoms with E-state index in [1.165, 1.54) is 12.8 Å². The van der Waals surface area contributed by atoms with Crippen molar-refractivity contribution in [3.05, 3.63) is 42.1 Å². The molecule has 0 unspecified atom stereocenters. The monoisotopic (exact) mass is 339 g/mol. The van der Waals surface area contributed by atoms with Gasteiger partial charge in [-0.3, -0.25) is 4.79 Å². The quantitative estimate of drug-likeness (QED) is 0.869. The van der Waals surface area contributed by atoms with Gasteiger partial charge in [-0.25, -0.2) is 0 Å². The van der Waals surface area contributed by atoms with Gasteiger partial charge >= 0.3 is 0 Å². The number of aromatic nitrogens is 2. The van der Waals surface area contributed by atoms with Crippen LogP contribution in [0.4, 0.5) is 17.2 Å². The number of para-hydroxylation sites is 2. The van der Waals surface area contributed by atoms with Crippen LogP contribution in [0, 0.1) is 0 Å². The lowest BCUT2D eigenvalue weighted by molar-refractivity contribution is 0.102. The lowest BCUT2D eigenvalue weighted by Gasteiger charge is -2.30. The first-order chi connectivity index (χ1) is 12.3. The molecule has 25 heavy (non-hydrogen) atoms. The minimum atomic E-state index is -0.258. The second kappa shape index (κ2) is 7.06. The van der Waals surface area contributed by atoms with E-state index in [-0.39, 0.29) is 5.91 Å². The normalized spacial score (nSPS) is 17.2. The molecular formula is C18H21N5O2. The van der Waals surface area contributed by atoms with Gasteiger partial charge in [-0.2, -0.15) is 0 Å². The highest BCUT2D eigenvalue weighted by molar-refractivity contribution is 6.04. The zero-order chi connectivity index (χ0) is 17.1. The summed E-state index contributed by atoms with van der Waals surface area (Å²) >= 11 is 0. The van der Waals surface area contributed by atoms with Gasteiger partial charge in [-0.05, 0) is 37.1 Å². The molecular weight excluding hydrogens is 318 g/mol. The van der Waals surface area contributed by atoms with Gasteiger partial charge in [0.05, 0.1) is 24.6 Å². The van der Waals surface area contributed by atoms with Crippen LogP contribution in [-0.2, 0) is 4.74 Å². The zero-order valence-electron chi connectivity index (χ0n) is 13.9. The maximum atomic E-state index is 12.5. The number of carbonyl (C=O) groups is 1. The van der Waals surface area contributed by atoms with E-state index >= 15 is 0 Å². The van der Waals surface area contributed by atoms with Crippen LogP contribution in [0.5, 0.6) is 0 Å². The molecule has 1 saturated heterocycles. The number of hydrogen-bond donors (Lipinski definition) is 2. The van der Waals surface area contributed by atoms with Gasteiger partial charge in [0, 0.05) is 19.1 Å². The van der Waals surface area contributed by atoms with Crippen LogP contribution in [0.2, 0.25) is 0 Å². The Balaban J connectivity index is 1.46. The Labute approximate surface area is 146 Å². The molecule has 0 radical (unpaired) electrons. The van der Waals surface area contributed by atoms with Gasteiger partial charge in [0.1, 0.15) is 5.82 Å². The summed E-state index contributed by atoms with van der Waals surface area (Å²) in [6.45, 7) is 3.02. The highest BCUT2D eigenvalue weighted by Gasteiger charge is 2.22. The van der Waals surface area contributed by atoms with Gasteiger partial charge in [0.15, 0.2) is 5.69 Å². The Morgan fingerprint density at radius 3 is 2.60 bits per heavy atom. The average Bonchev–Trinajstić information content (AvgIpc) is 3.47. The van der Waals surface area contributed by atoms with Crippen LogP contribution in [0.1, 0.15) is 23.3 Å².